The monoisotopic (exact) mass is 242 g/mol. The lowest BCUT2D eigenvalue weighted by molar-refractivity contribution is 0.351. The van der Waals surface area contributed by atoms with Crippen molar-refractivity contribution in [1.29, 1.82) is 0 Å². The van der Waals surface area contributed by atoms with Crippen molar-refractivity contribution in [3.63, 3.8) is 0 Å². The largest absolute Gasteiger partial charge is 0.480 e. The maximum absolute atomic E-state index is 6.01. The molecular weight excluding hydrogens is 228 g/mol. The minimum Gasteiger partial charge on any atom is -0.480 e. The van der Waals surface area contributed by atoms with Gasteiger partial charge in [0.05, 0.1) is 19.8 Å². The number of hydrogen-bond donors (Lipinski definition) is 0. The van der Waals surface area contributed by atoms with Crippen LogP contribution in [-0.2, 0) is 0 Å². The van der Waals surface area contributed by atoms with E-state index in [1.165, 1.54) is 14.2 Å². The third-order valence-corrected chi connectivity index (χ3v) is 2.25. The molecule has 4 nitrogen and oxygen atoms in total. The number of nitrogens with zero attached hydrogens (tertiary/aromatic N) is 2. The number of allylic oxidation sites excluding steroid dienone is 1. The molecule has 0 radical (unpaired) electrons. The highest BCUT2D eigenvalue weighted by molar-refractivity contribution is 6.31. The van der Waals surface area contributed by atoms with Crippen LogP contribution in [0.2, 0.25) is 5.15 Å². The van der Waals surface area contributed by atoms with E-state index in [4.69, 9.17) is 21.1 Å². The Labute approximate surface area is 100 Å². The van der Waals surface area contributed by atoms with Gasteiger partial charge < -0.3 is 9.47 Å². The molecule has 0 spiro atoms. The van der Waals surface area contributed by atoms with Crippen LogP contribution in [0.3, 0.4) is 0 Å². The van der Waals surface area contributed by atoms with Crippen molar-refractivity contribution < 1.29 is 9.47 Å². The Morgan fingerprint density at radius 2 is 2.00 bits per heavy atom. The Morgan fingerprint density at radius 3 is 2.56 bits per heavy atom. The van der Waals surface area contributed by atoms with Gasteiger partial charge in [-0.05, 0) is 6.42 Å². The number of halogens is 1. The minimum atomic E-state index is 0.203. The Morgan fingerprint density at radius 1 is 1.25 bits per heavy atom. The molecule has 0 fully saturated rings. The minimum absolute atomic E-state index is 0.203. The fourth-order valence-electron chi connectivity index (χ4n) is 1.16. The summed E-state index contributed by atoms with van der Waals surface area (Å²) < 4.78 is 10.0. The van der Waals surface area contributed by atoms with Crippen molar-refractivity contribution in [2.24, 2.45) is 0 Å². The molecule has 0 saturated heterocycles. The summed E-state index contributed by atoms with van der Waals surface area (Å²) >= 11 is 6.01. The van der Waals surface area contributed by atoms with Crippen LogP contribution in [-0.4, -0.2) is 24.2 Å². The van der Waals surface area contributed by atoms with Gasteiger partial charge in [0, 0.05) is 0 Å². The second kappa shape index (κ2) is 6.33. The molecule has 0 bridgehead atoms. The standard InChI is InChI=1S/C11H15ClN2O2/c1-4-5-6-7-8-9(12)13-11(16-3)14-10(8)15-2/h6-7H,4-5H2,1-3H3/b7-6+. The molecule has 0 atom stereocenters. The molecule has 0 aliphatic carbocycles. The highest BCUT2D eigenvalue weighted by Crippen LogP contribution is 2.26. The molecule has 0 aliphatic rings. The van der Waals surface area contributed by atoms with Gasteiger partial charge in [0.25, 0.3) is 0 Å². The van der Waals surface area contributed by atoms with E-state index in [0.29, 0.717) is 16.6 Å². The van der Waals surface area contributed by atoms with Crippen LogP contribution in [0, 0.1) is 0 Å². The van der Waals surface area contributed by atoms with E-state index in [1.54, 1.807) is 0 Å². The Bertz CT molecular complexity index is 380. The van der Waals surface area contributed by atoms with E-state index in [0.717, 1.165) is 12.8 Å². The molecule has 0 aromatic carbocycles. The molecule has 0 unspecified atom stereocenters. The first kappa shape index (κ1) is 12.8. The number of aromatic nitrogens is 2. The van der Waals surface area contributed by atoms with Gasteiger partial charge in [-0.2, -0.15) is 9.97 Å². The Balaban J connectivity index is 3.06. The lowest BCUT2D eigenvalue weighted by Gasteiger charge is -2.06. The second-order valence-corrected chi connectivity index (χ2v) is 3.47. The van der Waals surface area contributed by atoms with Gasteiger partial charge in [-0.3, -0.25) is 0 Å². The molecule has 0 amide bonds. The summed E-state index contributed by atoms with van der Waals surface area (Å²) in [4.78, 5) is 8.04. The molecular formula is C11H15ClN2O2. The van der Waals surface area contributed by atoms with E-state index >= 15 is 0 Å². The van der Waals surface area contributed by atoms with Gasteiger partial charge in [-0.15, -0.1) is 0 Å². The summed E-state index contributed by atoms with van der Waals surface area (Å²) in [7, 11) is 3.02. The van der Waals surface area contributed by atoms with Crippen molar-refractivity contribution in [3.05, 3.63) is 16.8 Å². The zero-order valence-electron chi connectivity index (χ0n) is 9.66. The quantitative estimate of drug-likeness (QED) is 0.745. The average molecular weight is 243 g/mol. The number of ether oxygens (including phenoxy) is 2. The van der Waals surface area contributed by atoms with E-state index in [-0.39, 0.29) is 6.01 Å². The van der Waals surface area contributed by atoms with Crippen LogP contribution >= 0.6 is 11.6 Å². The number of rotatable bonds is 5. The summed E-state index contributed by atoms with van der Waals surface area (Å²) in [6, 6.07) is 0.203. The first-order valence-corrected chi connectivity index (χ1v) is 5.42. The van der Waals surface area contributed by atoms with Crippen molar-refractivity contribution in [2.45, 2.75) is 19.8 Å². The van der Waals surface area contributed by atoms with Crippen LogP contribution in [0.1, 0.15) is 25.3 Å². The summed E-state index contributed by atoms with van der Waals surface area (Å²) in [5.74, 6) is 0.421. The average Bonchev–Trinajstić information content (AvgIpc) is 2.30. The normalized spacial score (nSPS) is 10.8. The van der Waals surface area contributed by atoms with E-state index in [1.807, 2.05) is 12.2 Å². The predicted molar refractivity (Wildman–Crippen MR) is 64.1 cm³/mol. The highest BCUT2D eigenvalue weighted by atomic mass is 35.5. The summed E-state index contributed by atoms with van der Waals surface area (Å²) in [5, 5.41) is 0.330. The fraction of sp³-hybridized carbons (Fsp3) is 0.455. The van der Waals surface area contributed by atoms with Gasteiger partial charge in [-0.1, -0.05) is 37.1 Å². The topological polar surface area (TPSA) is 44.2 Å². The number of unbranched alkanes of at least 4 members (excludes halogenated alkanes) is 1. The molecule has 0 aliphatic heterocycles. The van der Waals surface area contributed by atoms with Gasteiger partial charge in [-0.25, -0.2) is 0 Å². The van der Waals surface area contributed by atoms with Gasteiger partial charge in [0.15, 0.2) is 0 Å². The van der Waals surface area contributed by atoms with Crippen LogP contribution in [0.4, 0.5) is 0 Å². The summed E-state index contributed by atoms with van der Waals surface area (Å²) in [6.45, 7) is 2.10. The van der Waals surface area contributed by atoms with Crippen LogP contribution < -0.4 is 9.47 Å². The van der Waals surface area contributed by atoms with Crippen molar-refractivity contribution in [3.8, 4) is 11.9 Å². The SMILES string of the molecule is CCC/C=C/c1c(Cl)nc(OC)nc1OC. The van der Waals surface area contributed by atoms with Crippen molar-refractivity contribution >= 4 is 17.7 Å². The molecule has 0 N–H and O–H groups in total. The summed E-state index contributed by atoms with van der Waals surface area (Å²) in [5.41, 5.74) is 0.679. The smallest absolute Gasteiger partial charge is 0.320 e. The number of methoxy groups -OCH3 is 2. The molecule has 88 valence electrons. The molecule has 0 saturated carbocycles. The molecule has 1 rings (SSSR count). The lowest BCUT2D eigenvalue weighted by atomic mass is 10.2. The zero-order chi connectivity index (χ0) is 12.0. The van der Waals surface area contributed by atoms with Gasteiger partial charge in [0.1, 0.15) is 5.15 Å². The first-order chi connectivity index (χ1) is 7.72. The fourth-order valence-corrected chi connectivity index (χ4v) is 1.38. The van der Waals surface area contributed by atoms with E-state index < -0.39 is 0 Å². The van der Waals surface area contributed by atoms with Gasteiger partial charge >= 0.3 is 6.01 Å². The lowest BCUT2D eigenvalue weighted by Crippen LogP contribution is -1.98. The molecule has 1 aromatic rings. The van der Waals surface area contributed by atoms with E-state index in [9.17, 15) is 0 Å². The third-order valence-electron chi connectivity index (χ3n) is 1.96. The van der Waals surface area contributed by atoms with Crippen LogP contribution in [0.15, 0.2) is 6.08 Å². The maximum atomic E-state index is 6.01. The van der Waals surface area contributed by atoms with Crippen LogP contribution in [0.5, 0.6) is 11.9 Å². The Hall–Kier alpha value is -1.29. The molecule has 1 heterocycles. The van der Waals surface area contributed by atoms with Gasteiger partial charge in [0.2, 0.25) is 5.88 Å². The summed E-state index contributed by atoms with van der Waals surface area (Å²) in [6.07, 6.45) is 5.93. The zero-order valence-corrected chi connectivity index (χ0v) is 10.4. The highest BCUT2D eigenvalue weighted by Gasteiger charge is 2.11. The maximum Gasteiger partial charge on any atom is 0.320 e. The number of hydrogen-bond acceptors (Lipinski definition) is 4. The molecule has 5 heteroatoms. The second-order valence-electron chi connectivity index (χ2n) is 3.12. The van der Waals surface area contributed by atoms with Crippen molar-refractivity contribution in [2.75, 3.05) is 14.2 Å². The molecule has 16 heavy (non-hydrogen) atoms. The van der Waals surface area contributed by atoms with E-state index in [2.05, 4.69) is 16.9 Å². The Kier molecular flexibility index (Phi) is 5.05. The third kappa shape index (κ3) is 3.10. The predicted octanol–water partition coefficient (Wildman–Crippen LogP) is 2.96. The van der Waals surface area contributed by atoms with Crippen molar-refractivity contribution in [1.82, 2.24) is 9.97 Å². The first-order valence-electron chi connectivity index (χ1n) is 5.05. The van der Waals surface area contributed by atoms with Crippen LogP contribution in [0.25, 0.3) is 6.08 Å². The molecule has 1 aromatic heterocycles.